The van der Waals surface area contributed by atoms with Gasteiger partial charge in [0.25, 0.3) is 0 Å². The first-order chi connectivity index (χ1) is 15.7. The number of ether oxygens (including phenoxy) is 1. The maximum atomic E-state index is 11.9. The van der Waals surface area contributed by atoms with Gasteiger partial charge >= 0.3 is 5.97 Å². The number of hydrogen-bond acceptors (Lipinski definition) is 2. The Morgan fingerprint density at radius 1 is 0.765 bits per heavy atom. The predicted octanol–water partition coefficient (Wildman–Crippen LogP) is 8.60. The molecule has 0 bridgehead atoms. The van der Waals surface area contributed by atoms with E-state index in [0.717, 1.165) is 30.1 Å². The van der Waals surface area contributed by atoms with Crippen molar-refractivity contribution in [2.24, 2.45) is 56.7 Å². The Hall–Kier alpha value is -0.790. The maximum Gasteiger partial charge on any atom is 0.302 e. The normalized spacial score (nSPS) is 53.6. The SMILES string of the molecule is C=C(C)[C@@H]1CC[C@]2(C)CC[C@]3(C)[C@H](CC[C@@H]4[C@@]5(C)CC[C@H](OC(C)=O)C(C)(C)[C@H]5CC[C@]43C)[C@H]12. The summed E-state index contributed by atoms with van der Waals surface area (Å²) >= 11 is 0. The number of fused-ring (bicyclic) bond motifs is 7. The topological polar surface area (TPSA) is 26.3 Å². The van der Waals surface area contributed by atoms with E-state index >= 15 is 0 Å². The van der Waals surface area contributed by atoms with Crippen LogP contribution in [0.2, 0.25) is 0 Å². The number of rotatable bonds is 2. The van der Waals surface area contributed by atoms with Gasteiger partial charge in [0, 0.05) is 12.3 Å². The van der Waals surface area contributed by atoms with Crippen LogP contribution in [0.3, 0.4) is 0 Å². The van der Waals surface area contributed by atoms with Crippen molar-refractivity contribution in [3.05, 3.63) is 12.2 Å². The highest BCUT2D eigenvalue weighted by molar-refractivity contribution is 5.66. The standard InChI is InChI=1S/C32H52O2/c1-20(2)22-12-15-29(6)18-19-31(8)23(27(22)29)10-11-25-30(7)16-14-26(34-21(3)33)28(4,5)24(30)13-17-32(25,31)9/h22-27H,1,10-19H2,2-9H3/t22-,23+,24+,25+,26-,27-,29+,30-,31+,32+/m0/s1. The van der Waals surface area contributed by atoms with Crippen LogP contribution < -0.4 is 0 Å². The van der Waals surface area contributed by atoms with Gasteiger partial charge in [0.15, 0.2) is 0 Å². The van der Waals surface area contributed by atoms with E-state index in [1.807, 2.05) is 0 Å². The molecule has 5 aliphatic rings. The molecule has 0 heterocycles. The highest BCUT2D eigenvalue weighted by Crippen LogP contribution is 2.77. The summed E-state index contributed by atoms with van der Waals surface area (Å²) in [5, 5.41) is 0. The van der Waals surface area contributed by atoms with Crippen LogP contribution >= 0.6 is 0 Å². The first-order valence-corrected chi connectivity index (χ1v) is 14.5. The lowest BCUT2D eigenvalue weighted by Crippen LogP contribution is -2.66. The summed E-state index contributed by atoms with van der Waals surface area (Å²) in [4.78, 5) is 11.9. The Morgan fingerprint density at radius 3 is 2.12 bits per heavy atom. The van der Waals surface area contributed by atoms with Crippen molar-refractivity contribution in [3.63, 3.8) is 0 Å². The lowest BCUT2D eigenvalue weighted by atomic mass is 9.32. The molecule has 0 saturated heterocycles. The Kier molecular flexibility index (Phi) is 5.57. The molecule has 0 aromatic heterocycles. The Morgan fingerprint density at radius 2 is 1.47 bits per heavy atom. The second-order valence-electron chi connectivity index (χ2n) is 15.3. The lowest BCUT2D eigenvalue weighted by Gasteiger charge is -2.73. The highest BCUT2D eigenvalue weighted by Gasteiger charge is 2.70. The molecular formula is C32H52O2. The van der Waals surface area contributed by atoms with Gasteiger partial charge in [0.2, 0.25) is 0 Å². The van der Waals surface area contributed by atoms with Gasteiger partial charge in [-0.1, -0.05) is 53.7 Å². The van der Waals surface area contributed by atoms with E-state index < -0.39 is 0 Å². The van der Waals surface area contributed by atoms with E-state index in [4.69, 9.17) is 4.74 Å². The number of hydrogen-bond donors (Lipinski definition) is 0. The van der Waals surface area contributed by atoms with Crippen LogP contribution in [0.1, 0.15) is 120 Å². The molecule has 0 radical (unpaired) electrons. The molecule has 5 saturated carbocycles. The van der Waals surface area contributed by atoms with Crippen LogP contribution in [-0.2, 0) is 9.53 Å². The summed E-state index contributed by atoms with van der Waals surface area (Å²) in [5.74, 6) is 3.74. The van der Waals surface area contributed by atoms with Gasteiger partial charge in [-0.05, 0) is 122 Å². The van der Waals surface area contributed by atoms with Crippen molar-refractivity contribution in [1.29, 1.82) is 0 Å². The second kappa shape index (κ2) is 7.61. The number of carbonyl (C=O) groups excluding carboxylic acids is 1. The molecule has 2 nitrogen and oxygen atoms in total. The van der Waals surface area contributed by atoms with Gasteiger partial charge in [-0.2, -0.15) is 0 Å². The Balaban J connectivity index is 1.50. The van der Waals surface area contributed by atoms with Gasteiger partial charge < -0.3 is 4.74 Å². The Bertz CT molecular complexity index is 872. The summed E-state index contributed by atoms with van der Waals surface area (Å²) < 4.78 is 5.91. The van der Waals surface area contributed by atoms with E-state index in [-0.39, 0.29) is 17.5 Å². The molecule has 2 heteroatoms. The molecule has 0 aliphatic heterocycles. The van der Waals surface area contributed by atoms with E-state index in [9.17, 15) is 4.79 Å². The number of carbonyl (C=O) groups is 1. The predicted molar refractivity (Wildman–Crippen MR) is 140 cm³/mol. The minimum Gasteiger partial charge on any atom is -0.462 e. The summed E-state index contributed by atoms with van der Waals surface area (Å²) in [6, 6.07) is 0. The zero-order chi connectivity index (χ0) is 24.9. The van der Waals surface area contributed by atoms with Crippen molar-refractivity contribution >= 4 is 5.97 Å². The third-order valence-corrected chi connectivity index (χ3v) is 13.7. The van der Waals surface area contributed by atoms with E-state index in [2.05, 4.69) is 55.0 Å². The molecule has 5 fully saturated rings. The number of esters is 1. The lowest BCUT2D eigenvalue weighted by molar-refractivity contribution is -0.248. The summed E-state index contributed by atoms with van der Waals surface area (Å²) in [6.07, 6.45) is 13.4. The van der Waals surface area contributed by atoms with E-state index in [1.165, 1.54) is 63.4 Å². The highest BCUT2D eigenvalue weighted by atomic mass is 16.5. The Labute approximate surface area is 210 Å². The fraction of sp³-hybridized carbons (Fsp3) is 0.906. The van der Waals surface area contributed by atoms with Gasteiger partial charge in [-0.25, -0.2) is 0 Å². The monoisotopic (exact) mass is 468 g/mol. The molecule has 5 rings (SSSR count). The van der Waals surface area contributed by atoms with Crippen LogP contribution in [0, 0.1) is 56.7 Å². The summed E-state index contributed by atoms with van der Waals surface area (Å²) in [5.41, 5.74) is 3.23. The van der Waals surface area contributed by atoms with Gasteiger partial charge in [0.1, 0.15) is 6.10 Å². The first kappa shape index (κ1) is 24.9. The molecule has 0 unspecified atom stereocenters. The third-order valence-electron chi connectivity index (χ3n) is 13.7. The molecule has 0 aromatic rings. The van der Waals surface area contributed by atoms with E-state index in [0.29, 0.717) is 27.6 Å². The minimum absolute atomic E-state index is 0.0550. The van der Waals surface area contributed by atoms with Gasteiger partial charge in [-0.15, -0.1) is 0 Å². The second-order valence-corrected chi connectivity index (χ2v) is 15.3. The van der Waals surface area contributed by atoms with Crippen molar-refractivity contribution in [2.45, 2.75) is 126 Å². The molecule has 0 amide bonds. The van der Waals surface area contributed by atoms with Crippen molar-refractivity contribution in [3.8, 4) is 0 Å². The average molecular weight is 469 g/mol. The molecular weight excluding hydrogens is 416 g/mol. The zero-order valence-electron chi connectivity index (χ0n) is 23.6. The molecule has 0 spiro atoms. The summed E-state index contributed by atoms with van der Waals surface area (Å²) in [7, 11) is 0. The molecule has 0 aromatic carbocycles. The van der Waals surface area contributed by atoms with Crippen molar-refractivity contribution < 1.29 is 9.53 Å². The average Bonchev–Trinajstić information content (AvgIpc) is 3.08. The summed E-state index contributed by atoms with van der Waals surface area (Å²) in [6.45, 7) is 23.9. The quantitative estimate of drug-likeness (QED) is 0.299. The van der Waals surface area contributed by atoms with Gasteiger partial charge in [0.05, 0.1) is 0 Å². The minimum atomic E-state index is -0.107. The fourth-order valence-electron chi connectivity index (χ4n) is 11.9. The molecule has 0 N–H and O–H groups in total. The van der Waals surface area contributed by atoms with Crippen molar-refractivity contribution in [1.82, 2.24) is 0 Å². The first-order valence-electron chi connectivity index (χ1n) is 14.5. The zero-order valence-corrected chi connectivity index (χ0v) is 23.6. The number of allylic oxidation sites excluding steroid dienone is 1. The molecule has 192 valence electrons. The fourth-order valence-corrected chi connectivity index (χ4v) is 11.9. The molecule has 34 heavy (non-hydrogen) atoms. The smallest absolute Gasteiger partial charge is 0.302 e. The third kappa shape index (κ3) is 3.08. The van der Waals surface area contributed by atoms with E-state index in [1.54, 1.807) is 6.92 Å². The van der Waals surface area contributed by atoms with Crippen LogP contribution in [0.15, 0.2) is 12.2 Å². The molecule has 5 aliphatic carbocycles. The maximum absolute atomic E-state index is 11.9. The van der Waals surface area contributed by atoms with Crippen LogP contribution in [0.5, 0.6) is 0 Å². The van der Waals surface area contributed by atoms with Crippen molar-refractivity contribution in [2.75, 3.05) is 0 Å². The van der Waals surface area contributed by atoms with Crippen LogP contribution in [0.4, 0.5) is 0 Å². The van der Waals surface area contributed by atoms with Crippen LogP contribution in [0.25, 0.3) is 0 Å². The molecule has 10 atom stereocenters. The van der Waals surface area contributed by atoms with Crippen LogP contribution in [-0.4, -0.2) is 12.1 Å². The largest absolute Gasteiger partial charge is 0.462 e. The van der Waals surface area contributed by atoms with Gasteiger partial charge in [-0.3, -0.25) is 4.79 Å².